The molecule has 2 rings (SSSR count). The van der Waals surface area contributed by atoms with Gasteiger partial charge in [-0.2, -0.15) is 5.10 Å². The van der Waals surface area contributed by atoms with Crippen LogP contribution in [0.3, 0.4) is 0 Å². The van der Waals surface area contributed by atoms with Gasteiger partial charge in [-0.1, -0.05) is 30.3 Å². The van der Waals surface area contributed by atoms with Crippen LogP contribution in [0.1, 0.15) is 31.9 Å². The number of nitrogens with zero attached hydrogens (tertiary/aromatic N) is 3. The van der Waals surface area contributed by atoms with Crippen molar-refractivity contribution < 1.29 is 0 Å². The van der Waals surface area contributed by atoms with Crippen LogP contribution in [0.5, 0.6) is 0 Å². The van der Waals surface area contributed by atoms with Gasteiger partial charge in [0.2, 0.25) is 0 Å². The number of rotatable bonds is 7. The third-order valence-electron chi connectivity index (χ3n) is 3.37. The van der Waals surface area contributed by atoms with E-state index < -0.39 is 0 Å². The van der Waals surface area contributed by atoms with E-state index in [0.717, 1.165) is 32.0 Å². The first-order chi connectivity index (χ1) is 10.8. The predicted octanol–water partition coefficient (Wildman–Crippen LogP) is 3.21. The molecule has 0 aliphatic rings. The van der Waals surface area contributed by atoms with Gasteiger partial charge in [0.1, 0.15) is 0 Å². The summed E-state index contributed by atoms with van der Waals surface area (Å²) in [5.74, 6) is 0.860. The zero-order valence-electron chi connectivity index (χ0n) is 13.8. The Morgan fingerprint density at radius 1 is 1.26 bits per heavy atom. The second-order valence-corrected chi connectivity index (χ2v) is 5.16. The van der Waals surface area contributed by atoms with Crippen molar-refractivity contribution in [2.24, 2.45) is 4.99 Å². The molecule has 0 saturated heterocycles. The summed E-state index contributed by atoms with van der Waals surface area (Å²) in [5, 5.41) is 10.9. The van der Waals surface area contributed by atoms with Gasteiger partial charge in [-0.3, -0.25) is 9.67 Å². The Morgan fingerprint density at radius 2 is 2.04 bits per heavy atom. The molecule has 1 heterocycles. The maximum atomic E-state index is 4.63. The number of halogens is 1. The second-order valence-electron chi connectivity index (χ2n) is 5.16. The molecule has 0 bridgehead atoms. The summed E-state index contributed by atoms with van der Waals surface area (Å²) in [5.41, 5.74) is 1.25. The molecule has 0 radical (unpaired) electrons. The summed E-state index contributed by atoms with van der Waals surface area (Å²) in [6.07, 6.45) is 4.75. The van der Waals surface area contributed by atoms with E-state index >= 15 is 0 Å². The van der Waals surface area contributed by atoms with Gasteiger partial charge in [0, 0.05) is 32.0 Å². The first kappa shape index (κ1) is 19.5. The van der Waals surface area contributed by atoms with Crippen LogP contribution in [0.4, 0.5) is 0 Å². The van der Waals surface area contributed by atoms with Gasteiger partial charge in [-0.25, -0.2) is 0 Å². The SMILES string of the molecule is CCNC(=NCCCn1cccn1)NC(C)c1ccccc1.I. The number of nitrogens with one attached hydrogen (secondary N) is 2. The van der Waals surface area contributed by atoms with E-state index in [4.69, 9.17) is 0 Å². The summed E-state index contributed by atoms with van der Waals surface area (Å²) in [7, 11) is 0. The first-order valence-corrected chi connectivity index (χ1v) is 7.87. The number of guanidine groups is 1. The third kappa shape index (κ3) is 7.02. The summed E-state index contributed by atoms with van der Waals surface area (Å²) >= 11 is 0. The number of hydrogen-bond acceptors (Lipinski definition) is 2. The van der Waals surface area contributed by atoms with Crippen LogP contribution in [-0.2, 0) is 6.54 Å². The Kier molecular flexibility index (Phi) is 9.35. The Hall–Kier alpha value is -1.57. The minimum absolute atomic E-state index is 0. The minimum Gasteiger partial charge on any atom is -0.357 e. The summed E-state index contributed by atoms with van der Waals surface area (Å²) in [6.45, 7) is 6.74. The largest absolute Gasteiger partial charge is 0.357 e. The van der Waals surface area contributed by atoms with E-state index in [0.29, 0.717) is 0 Å². The molecule has 1 aromatic heterocycles. The highest BCUT2D eigenvalue weighted by molar-refractivity contribution is 14.0. The molecule has 126 valence electrons. The fraction of sp³-hybridized carbons (Fsp3) is 0.412. The van der Waals surface area contributed by atoms with Crippen molar-refractivity contribution in [3.63, 3.8) is 0 Å². The Bertz CT molecular complexity index is 554. The van der Waals surface area contributed by atoms with Gasteiger partial charge < -0.3 is 10.6 Å². The van der Waals surface area contributed by atoms with E-state index in [9.17, 15) is 0 Å². The number of aliphatic imine (C=N–C) groups is 1. The van der Waals surface area contributed by atoms with Crippen LogP contribution in [0.15, 0.2) is 53.8 Å². The van der Waals surface area contributed by atoms with Crippen molar-refractivity contribution >= 4 is 29.9 Å². The van der Waals surface area contributed by atoms with Crippen LogP contribution >= 0.6 is 24.0 Å². The van der Waals surface area contributed by atoms with Gasteiger partial charge in [0.05, 0.1) is 6.04 Å². The molecule has 0 amide bonds. The van der Waals surface area contributed by atoms with E-state index in [1.54, 1.807) is 6.20 Å². The van der Waals surface area contributed by atoms with Crippen molar-refractivity contribution in [2.75, 3.05) is 13.1 Å². The van der Waals surface area contributed by atoms with Crippen LogP contribution in [0, 0.1) is 0 Å². The van der Waals surface area contributed by atoms with E-state index in [-0.39, 0.29) is 30.0 Å². The maximum absolute atomic E-state index is 4.63. The fourth-order valence-electron chi connectivity index (χ4n) is 2.21. The van der Waals surface area contributed by atoms with Crippen molar-refractivity contribution in [2.45, 2.75) is 32.9 Å². The Balaban J connectivity index is 0.00000264. The molecule has 1 unspecified atom stereocenters. The van der Waals surface area contributed by atoms with E-state index in [1.165, 1.54) is 5.56 Å². The average molecular weight is 427 g/mol. The summed E-state index contributed by atoms with van der Waals surface area (Å²) in [4.78, 5) is 4.63. The standard InChI is InChI=1S/C17H25N5.HI/c1-3-18-17(19-11-7-13-22-14-8-12-20-22)21-15(2)16-9-5-4-6-10-16;/h4-6,8-10,12,14-15H,3,7,11,13H2,1-2H3,(H2,18,19,21);1H. The average Bonchev–Trinajstić information content (AvgIpc) is 3.06. The van der Waals surface area contributed by atoms with Gasteiger partial charge in [0.25, 0.3) is 0 Å². The molecule has 6 heteroatoms. The number of aromatic nitrogens is 2. The highest BCUT2D eigenvalue weighted by atomic mass is 127. The quantitative estimate of drug-likeness (QED) is 0.309. The second kappa shape index (κ2) is 11.0. The lowest BCUT2D eigenvalue weighted by atomic mass is 10.1. The Morgan fingerprint density at radius 3 is 2.70 bits per heavy atom. The van der Waals surface area contributed by atoms with Gasteiger partial charge in [-0.15, -0.1) is 24.0 Å². The highest BCUT2D eigenvalue weighted by Gasteiger charge is 2.06. The van der Waals surface area contributed by atoms with Crippen LogP contribution in [-0.4, -0.2) is 28.8 Å². The lowest BCUT2D eigenvalue weighted by Crippen LogP contribution is -2.38. The van der Waals surface area contributed by atoms with Crippen molar-refractivity contribution in [1.29, 1.82) is 0 Å². The first-order valence-electron chi connectivity index (χ1n) is 7.87. The fourth-order valence-corrected chi connectivity index (χ4v) is 2.21. The van der Waals surface area contributed by atoms with Crippen molar-refractivity contribution in [3.8, 4) is 0 Å². The number of aryl methyl sites for hydroxylation is 1. The van der Waals surface area contributed by atoms with Gasteiger partial charge in [0.15, 0.2) is 5.96 Å². The molecule has 0 spiro atoms. The Labute approximate surface area is 155 Å². The number of hydrogen-bond donors (Lipinski definition) is 2. The highest BCUT2D eigenvalue weighted by Crippen LogP contribution is 2.10. The van der Waals surface area contributed by atoms with Crippen LogP contribution in [0.2, 0.25) is 0 Å². The lowest BCUT2D eigenvalue weighted by molar-refractivity contribution is 0.582. The molecule has 0 aliphatic carbocycles. The van der Waals surface area contributed by atoms with E-state index in [1.807, 2.05) is 23.0 Å². The third-order valence-corrected chi connectivity index (χ3v) is 3.37. The van der Waals surface area contributed by atoms with Crippen LogP contribution < -0.4 is 10.6 Å². The van der Waals surface area contributed by atoms with E-state index in [2.05, 4.69) is 58.8 Å². The summed E-state index contributed by atoms with van der Waals surface area (Å²) in [6, 6.07) is 12.6. The predicted molar refractivity (Wildman–Crippen MR) is 106 cm³/mol. The molecule has 0 fully saturated rings. The zero-order chi connectivity index (χ0) is 15.6. The molecule has 2 N–H and O–H groups in total. The molecular weight excluding hydrogens is 401 g/mol. The molecule has 23 heavy (non-hydrogen) atoms. The molecule has 2 aromatic rings. The molecule has 1 aromatic carbocycles. The molecule has 0 aliphatic heterocycles. The summed E-state index contributed by atoms with van der Waals surface area (Å²) < 4.78 is 1.93. The van der Waals surface area contributed by atoms with Crippen LogP contribution in [0.25, 0.3) is 0 Å². The van der Waals surface area contributed by atoms with Crippen molar-refractivity contribution in [3.05, 3.63) is 54.4 Å². The van der Waals surface area contributed by atoms with Gasteiger partial charge in [-0.05, 0) is 31.9 Å². The molecule has 5 nitrogen and oxygen atoms in total. The lowest BCUT2D eigenvalue weighted by Gasteiger charge is -2.18. The van der Waals surface area contributed by atoms with Gasteiger partial charge >= 0.3 is 0 Å². The monoisotopic (exact) mass is 427 g/mol. The normalized spacial score (nSPS) is 12.3. The maximum Gasteiger partial charge on any atom is 0.191 e. The minimum atomic E-state index is 0. The smallest absolute Gasteiger partial charge is 0.191 e. The molecular formula is C17H26IN5. The molecule has 0 saturated carbocycles. The zero-order valence-corrected chi connectivity index (χ0v) is 16.1. The topological polar surface area (TPSA) is 54.2 Å². The molecule has 1 atom stereocenters. The number of benzene rings is 1. The van der Waals surface area contributed by atoms with Crippen molar-refractivity contribution in [1.82, 2.24) is 20.4 Å².